The molecule has 1 atom stereocenters. The van der Waals surface area contributed by atoms with Crippen LogP contribution in [-0.2, 0) is 4.79 Å². The zero-order valence-electron chi connectivity index (χ0n) is 11.5. The van der Waals surface area contributed by atoms with Crippen molar-refractivity contribution < 1.29 is 9.90 Å². The summed E-state index contributed by atoms with van der Waals surface area (Å²) in [5.74, 6) is 1.32. The first-order valence-corrected chi connectivity index (χ1v) is 7.13. The number of rotatable bonds is 1. The number of hydrogen-bond donors (Lipinski definition) is 1. The van der Waals surface area contributed by atoms with Gasteiger partial charge in [-0.05, 0) is 38.0 Å². The average Bonchev–Trinajstić information content (AvgIpc) is 2.79. The summed E-state index contributed by atoms with van der Waals surface area (Å²) in [5.41, 5.74) is 0. The van der Waals surface area contributed by atoms with Gasteiger partial charge in [-0.2, -0.15) is 0 Å². The van der Waals surface area contributed by atoms with E-state index < -0.39 is 0 Å². The Balaban J connectivity index is 0.000000686. The summed E-state index contributed by atoms with van der Waals surface area (Å²) in [7, 11) is 0. The van der Waals surface area contributed by atoms with E-state index in [1.807, 2.05) is 18.7 Å². The number of nitrogens with zero attached hydrogens (tertiary/aromatic N) is 1. The molecule has 0 aromatic carbocycles. The fourth-order valence-electron chi connectivity index (χ4n) is 2.71. The molecule has 1 saturated carbocycles. The molecule has 0 aromatic heterocycles. The molecule has 1 aliphatic heterocycles. The molecule has 0 aromatic rings. The van der Waals surface area contributed by atoms with Gasteiger partial charge in [0.25, 0.3) is 0 Å². The lowest BCUT2D eigenvalue weighted by molar-refractivity contribution is -0.136. The molecule has 1 saturated heterocycles. The smallest absolute Gasteiger partial charge is 0.225 e. The van der Waals surface area contributed by atoms with E-state index in [4.69, 9.17) is 0 Å². The maximum Gasteiger partial charge on any atom is 0.225 e. The molecule has 1 N–H and O–H groups in total. The monoisotopic (exact) mass is 241 g/mol. The molecular formula is C14H27NO2. The number of carbonyl (C=O) groups excluding carboxylic acids is 1. The lowest BCUT2D eigenvalue weighted by Crippen LogP contribution is -2.36. The first kappa shape index (κ1) is 14.5. The van der Waals surface area contributed by atoms with Crippen LogP contribution in [0, 0.1) is 11.8 Å². The van der Waals surface area contributed by atoms with Crippen LogP contribution < -0.4 is 0 Å². The maximum atomic E-state index is 12.1. The summed E-state index contributed by atoms with van der Waals surface area (Å²) in [4.78, 5) is 13.9. The molecule has 17 heavy (non-hydrogen) atoms. The van der Waals surface area contributed by atoms with E-state index in [1.165, 1.54) is 12.8 Å². The number of aliphatic hydroxyl groups is 1. The van der Waals surface area contributed by atoms with Crippen molar-refractivity contribution in [1.29, 1.82) is 0 Å². The van der Waals surface area contributed by atoms with E-state index in [2.05, 4.69) is 6.92 Å². The van der Waals surface area contributed by atoms with Crippen LogP contribution in [0.4, 0.5) is 0 Å². The first-order chi connectivity index (χ1) is 8.16. The zero-order valence-corrected chi connectivity index (χ0v) is 11.5. The predicted octanol–water partition coefficient (Wildman–Crippen LogP) is 2.43. The van der Waals surface area contributed by atoms with Gasteiger partial charge in [-0.15, -0.1) is 0 Å². The first-order valence-electron chi connectivity index (χ1n) is 7.13. The third kappa shape index (κ3) is 3.98. The van der Waals surface area contributed by atoms with Gasteiger partial charge >= 0.3 is 0 Å². The van der Waals surface area contributed by atoms with Crippen LogP contribution in [0.15, 0.2) is 0 Å². The molecule has 1 heterocycles. The van der Waals surface area contributed by atoms with Crippen molar-refractivity contribution in [3.8, 4) is 0 Å². The van der Waals surface area contributed by atoms with E-state index in [0.717, 1.165) is 31.7 Å². The van der Waals surface area contributed by atoms with Gasteiger partial charge in [0, 0.05) is 19.0 Å². The Kier molecular flexibility index (Phi) is 5.96. The van der Waals surface area contributed by atoms with Crippen LogP contribution in [-0.4, -0.2) is 35.1 Å². The van der Waals surface area contributed by atoms with E-state index in [1.54, 1.807) is 0 Å². The molecule has 1 aliphatic carbocycles. The molecule has 100 valence electrons. The van der Waals surface area contributed by atoms with Crippen molar-refractivity contribution in [2.75, 3.05) is 13.1 Å². The molecule has 0 spiro atoms. The Hall–Kier alpha value is -0.570. The molecule has 0 radical (unpaired) electrons. The van der Waals surface area contributed by atoms with Gasteiger partial charge in [-0.1, -0.05) is 20.8 Å². The quantitative estimate of drug-likeness (QED) is 0.766. The predicted molar refractivity (Wildman–Crippen MR) is 69.7 cm³/mol. The van der Waals surface area contributed by atoms with E-state index in [-0.39, 0.29) is 12.0 Å². The summed E-state index contributed by atoms with van der Waals surface area (Å²) >= 11 is 0. The Bertz CT molecular complexity index is 234. The Morgan fingerprint density at radius 1 is 1.12 bits per heavy atom. The number of carbonyl (C=O) groups is 1. The van der Waals surface area contributed by atoms with Crippen LogP contribution in [0.1, 0.15) is 52.9 Å². The van der Waals surface area contributed by atoms with Crippen molar-refractivity contribution >= 4 is 5.91 Å². The molecule has 2 rings (SSSR count). The summed E-state index contributed by atoms with van der Waals surface area (Å²) in [6, 6.07) is 0. The second-order valence-electron chi connectivity index (χ2n) is 5.18. The van der Waals surface area contributed by atoms with E-state index in [9.17, 15) is 9.90 Å². The third-order valence-electron chi connectivity index (χ3n) is 3.84. The second-order valence-corrected chi connectivity index (χ2v) is 5.18. The van der Waals surface area contributed by atoms with Crippen molar-refractivity contribution in [2.24, 2.45) is 11.8 Å². The lowest BCUT2D eigenvalue weighted by Gasteiger charge is -2.28. The zero-order chi connectivity index (χ0) is 12.8. The molecular weight excluding hydrogens is 214 g/mol. The summed E-state index contributed by atoms with van der Waals surface area (Å²) < 4.78 is 0. The number of aliphatic hydroxyl groups excluding tert-OH is 1. The molecule has 3 nitrogen and oxygen atoms in total. The molecule has 2 aliphatic rings. The number of β-amino-alcohol motifs (C(OH)–C–C–N with tert-alkyl or cyclic N) is 1. The van der Waals surface area contributed by atoms with Crippen molar-refractivity contribution in [3.05, 3.63) is 0 Å². The number of hydrogen-bond acceptors (Lipinski definition) is 2. The van der Waals surface area contributed by atoms with E-state index in [0.29, 0.717) is 12.5 Å². The van der Waals surface area contributed by atoms with Gasteiger partial charge in [0.1, 0.15) is 0 Å². The van der Waals surface area contributed by atoms with E-state index >= 15 is 0 Å². The highest BCUT2D eigenvalue weighted by Crippen LogP contribution is 2.30. The molecule has 2 fully saturated rings. The molecule has 0 bridgehead atoms. The maximum absolute atomic E-state index is 12.1. The molecule has 1 unspecified atom stereocenters. The van der Waals surface area contributed by atoms with Gasteiger partial charge in [-0.25, -0.2) is 0 Å². The van der Waals surface area contributed by atoms with Gasteiger partial charge in [0.2, 0.25) is 5.91 Å². The number of likely N-dealkylation sites (tertiary alicyclic amines) is 1. The molecule has 1 amide bonds. The third-order valence-corrected chi connectivity index (χ3v) is 3.84. The lowest BCUT2D eigenvalue weighted by atomic mass is 9.82. The normalized spacial score (nSPS) is 32.9. The van der Waals surface area contributed by atoms with Gasteiger partial charge in [-0.3, -0.25) is 4.79 Å². The van der Waals surface area contributed by atoms with Crippen LogP contribution in [0.25, 0.3) is 0 Å². The largest absolute Gasteiger partial charge is 0.391 e. The Morgan fingerprint density at radius 2 is 1.71 bits per heavy atom. The SMILES string of the molecule is CC.CC1CCC(C(=O)N2CCC(O)C2)CC1. The topological polar surface area (TPSA) is 40.5 Å². The van der Waals surface area contributed by atoms with Gasteiger partial charge in [0.05, 0.1) is 6.10 Å². The van der Waals surface area contributed by atoms with Crippen molar-refractivity contribution in [2.45, 2.75) is 59.0 Å². The standard InChI is InChI=1S/C12H21NO2.C2H6/c1-9-2-4-10(5-3-9)12(15)13-7-6-11(14)8-13;1-2/h9-11,14H,2-8H2,1H3;1-2H3. The Morgan fingerprint density at radius 3 is 2.18 bits per heavy atom. The average molecular weight is 241 g/mol. The van der Waals surface area contributed by atoms with Crippen LogP contribution in [0.3, 0.4) is 0 Å². The van der Waals surface area contributed by atoms with Crippen LogP contribution in [0.5, 0.6) is 0 Å². The number of amides is 1. The summed E-state index contributed by atoms with van der Waals surface area (Å²) in [6.07, 6.45) is 4.95. The van der Waals surface area contributed by atoms with Crippen molar-refractivity contribution in [3.63, 3.8) is 0 Å². The summed E-state index contributed by atoms with van der Waals surface area (Å²) in [5, 5.41) is 9.40. The highest BCUT2D eigenvalue weighted by atomic mass is 16.3. The van der Waals surface area contributed by atoms with Crippen LogP contribution >= 0.6 is 0 Å². The fraction of sp³-hybridized carbons (Fsp3) is 0.929. The minimum absolute atomic E-state index is 0.242. The fourth-order valence-corrected chi connectivity index (χ4v) is 2.71. The van der Waals surface area contributed by atoms with Gasteiger partial charge in [0.15, 0.2) is 0 Å². The Labute approximate surface area is 105 Å². The van der Waals surface area contributed by atoms with Crippen molar-refractivity contribution in [1.82, 2.24) is 4.90 Å². The minimum atomic E-state index is -0.281. The molecule has 3 heteroatoms. The summed E-state index contributed by atoms with van der Waals surface area (Å²) in [6.45, 7) is 7.58. The highest BCUT2D eigenvalue weighted by molar-refractivity contribution is 5.79. The second kappa shape index (κ2) is 7.00. The van der Waals surface area contributed by atoms with Gasteiger partial charge < -0.3 is 10.0 Å². The van der Waals surface area contributed by atoms with Crippen LogP contribution in [0.2, 0.25) is 0 Å². The minimum Gasteiger partial charge on any atom is -0.391 e. The highest BCUT2D eigenvalue weighted by Gasteiger charge is 2.31.